The SMILES string of the molecule is CC(NC(=O)C1CCCCN1C=O)C(=O)CP.CCNC(C)=O.COCc1ccc(Cl)c(Cl)c1. The highest BCUT2D eigenvalue weighted by Crippen LogP contribution is 2.22. The van der Waals surface area contributed by atoms with Crippen molar-refractivity contribution in [1.82, 2.24) is 15.5 Å². The van der Waals surface area contributed by atoms with Crippen LogP contribution in [-0.4, -0.2) is 67.4 Å². The quantitative estimate of drug-likeness (QED) is 0.392. The minimum Gasteiger partial charge on any atom is -0.380 e. The third kappa shape index (κ3) is 13.2. The number of methoxy groups -OCH3 is 1. The van der Waals surface area contributed by atoms with Crippen LogP contribution in [0.15, 0.2) is 18.2 Å². The largest absolute Gasteiger partial charge is 0.380 e. The van der Waals surface area contributed by atoms with Gasteiger partial charge in [0.15, 0.2) is 5.78 Å². The van der Waals surface area contributed by atoms with Crippen molar-refractivity contribution < 1.29 is 23.9 Å². The highest BCUT2D eigenvalue weighted by atomic mass is 35.5. The van der Waals surface area contributed by atoms with Crippen molar-refractivity contribution >= 4 is 56.4 Å². The van der Waals surface area contributed by atoms with Gasteiger partial charge in [0, 0.05) is 33.3 Å². The van der Waals surface area contributed by atoms with Crippen LogP contribution in [0.3, 0.4) is 0 Å². The Balaban J connectivity index is 0.000000547. The number of hydrogen-bond donors (Lipinski definition) is 2. The van der Waals surface area contributed by atoms with Gasteiger partial charge in [0.25, 0.3) is 0 Å². The second-order valence-corrected chi connectivity index (χ2v) is 8.75. The highest BCUT2D eigenvalue weighted by molar-refractivity contribution is 7.18. The number of halogens is 2. The van der Waals surface area contributed by atoms with E-state index in [4.69, 9.17) is 27.9 Å². The Labute approximate surface area is 214 Å². The van der Waals surface area contributed by atoms with Crippen LogP contribution in [0.25, 0.3) is 0 Å². The van der Waals surface area contributed by atoms with Crippen molar-refractivity contribution in [3.05, 3.63) is 33.8 Å². The molecule has 192 valence electrons. The van der Waals surface area contributed by atoms with Crippen LogP contribution in [-0.2, 0) is 30.5 Å². The molecule has 0 aliphatic carbocycles. The molecule has 0 radical (unpaired) electrons. The Kier molecular flexibility index (Phi) is 17.6. The first-order chi connectivity index (χ1) is 16.1. The lowest BCUT2D eigenvalue weighted by molar-refractivity contribution is -0.136. The topological polar surface area (TPSA) is 105 Å². The zero-order valence-electron chi connectivity index (χ0n) is 20.2. The standard InChI is InChI=1S/C11H19N2O3P.C8H8Cl2O.C4H9NO/c1-8(10(15)6-17)12-11(16)9-4-2-3-5-13(9)7-14;1-11-5-6-2-3-7(9)8(10)4-6;1-3-5-4(2)6/h7-9H,2-6,17H2,1H3,(H,12,16);2-4H,5H2,1H3;3H2,1-2H3,(H,5,6). The van der Waals surface area contributed by atoms with Crippen LogP contribution in [0.1, 0.15) is 45.6 Å². The number of Topliss-reactive ketones (excluding diaryl/α,β-unsaturated/α-hetero) is 1. The summed E-state index contributed by atoms with van der Waals surface area (Å²) in [5.41, 5.74) is 1.03. The molecule has 8 nitrogen and oxygen atoms in total. The van der Waals surface area contributed by atoms with Crippen molar-refractivity contribution in [2.75, 3.05) is 26.4 Å². The monoisotopic (exact) mass is 535 g/mol. The molecule has 0 saturated carbocycles. The van der Waals surface area contributed by atoms with Gasteiger partial charge in [-0.05, 0) is 50.8 Å². The third-order valence-electron chi connectivity index (χ3n) is 4.75. The van der Waals surface area contributed by atoms with Gasteiger partial charge in [-0.2, -0.15) is 0 Å². The van der Waals surface area contributed by atoms with E-state index in [0.29, 0.717) is 42.2 Å². The number of ether oxygens (including phenoxy) is 1. The molecule has 3 amide bonds. The first kappa shape index (κ1) is 32.3. The van der Waals surface area contributed by atoms with Gasteiger partial charge in [-0.15, -0.1) is 9.24 Å². The molecule has 1 saturated heterocycles. The van der Waals surface area contributed by atoms with Crippen LogP contribution in [0.4, 0.5) is 0 Å². The summed E-state index contributed by atoms with van der Waals surface area (Å²) in [4.78, 5) is 45.6. The van der Waals surface area contributed by atoms with Gasteiger partial charge < -0.3 is 20.3 Å². The van der Waals surface area contributed by atoms with Crippen molar-refractivity contribution in [3.63, 3.8) is 0 Å². The van der Waals surface area contributed by atoms with Gasteiger partial charge in [-0.25, -0.2) is 0 Å². The Morgan fingerprint density at radius 3 is 2.41 bits per heavy atom. The molecule has 1 aliphatic heterocycles. The zero-order chi connectivity index (χ0) is 26.1. The van der Waals surface area contributed by atoms with E-state index in [0.717, 1.165) is 24.9 Å². The summed E-state index contributed by atoms with van der Waals surface area (Å²) in [6.45, 7) is 6.98. The Morgan fingerprint density at radius 1 is 1.26 bits per heavy atom. The van der Waals surface area contributed by atoms with Crippen molar-refractivity contribution in [2.45, 2.75) is 58.7 Å². The summed E-state index contributed by atoms with van der Waals surface area (Å²) in [7, 11) is 3.98. The summed E-state index contributed by atoms with van der Waals surface area (Å²) in [5, 5.41) is 6.38. The fraction of sp³-hybridized carbons (Fsp3) is 0.565. The van der Waals surface area contributed by atoms with Crippen LogP contribution in [0.2, 0.25) is 10.0 Å². The number of carbonyl (C=O) groups excluding carboxylic acids is 4. The number of likely N-dealkylation sites (tertiary alicyclic amines) is 1. The molecular formula is C23H36Cl2N3O5P. The summed E-state index contributed by atoms with van der Waals surface area (Å²) in [6, 6.07) is 4.54. The highest BCUT2D eigenvalue weighted by Gasteiger charge is 2.29. The molecule has 0 aromatic heterocycles. The molecule has 0 spiro atoms. The molecule has 1 fully saturated rings. The van der Waals surface area contributed by atoms with E-state index in [1.54, 1.807) is 26.2 Å². The summed E-state index contributed by atoms with van der Waals surface area (Å²) in [5.74, 6) is -0.217. The number of amides is 3. The van der Waals surface area contributed by atoms with Gasteiger partial charge in [-0.1, -0.05) is 29.3 Å². The predicted molar refractivity (Wildman–Crippen MR) is 139 cm³/mol. The smallest absolute Gasteiger partial charge is 0.243 e. The van der Waals surface area contributed by atoms with Crippen LogP contribution >= 0.6 is 32.4 Å². The van der Waals surface area contributed by atoms with E-state index in [-0.39, 0.29) is 17.6 Å². The van der Waals surface area contributed by atoms with E-state index >= 15 is 0 Å². The second kappa shape index (κ2) is 18.6. The van der Waals surface area contributed by atoms with Crippen molar-refractivity contribution in [3.8, 4) is 0 Å². The van der Waals surface area contributed by atoms with Crippen LogP contribution in [0, 0.1) is 0 Å². The van der Waals surface area contributed by atoms with Crippen molar-refractivity contribution in [2.24, 2.45) is 0 Å². The lowest BCUT2D eigenvalue weighted by Crippen LogP contribution is -2.52. The van der Waals surface area contributed by atoms with Gasteiger partial charge in [0.1, 0.15) is 6.04 Å². The molecular weight excluding hydrogens is 500 g/mol. The molecule has 3 unspecified atom stereocenters. The summed E-state index contributed by atoms with van der Waals surface area (Å²) >= 11 is 11.5. The lowest BCUT2D eigenvalue weighted by Gasteiger charge is -2.32. The van der Waals surface area contributed by atoms with E-state index in [1.165, 1.54) is 11.8 Å². The van der Waals surface area contributed by atoms with E-state index in [9.17, 15) is 19.2 Å². The Morgan fingerprint density at radius 2 is 1.94 bits per heavy atom. The molecule has 1 heterocycles. The van der Waals surface area contributed by atoms with Crippen LogP contribution < -0.4 is 10.6 Å². The number of nitrogens with one attached hydrogen (secondary N) is 2. The van der Waals surface area contributed by atoms with E-state index in [2.05, 4.69) is 19.9 Å². The molecule has 3 atom stereocenters. The molecule has 0 bridgehead atoms. The molecule has 2 N–H and O–H groups in total. The molecule has 2 rings (SSSR count). The first-order valence-electron chi connectivity index (χ1n) is 11.0. The number of hydrogen-bond acceptors (Lipinski definition) is 5. The molecule has 1 aromatic rings. The minimum atomic E-state index is -0.490. The van der Waals surface area contributed by atoms with E-state index < -0.39 is 12.1 Å². The lowest BCUT2D eigenvalue weighted by atomic mass is 10.0. The summed E-state index contributed by atoms with van der Waals surface area (Å²) < 4.78 is 4.92. The number of piperidine rings is 1. The zero-order valence-corrected chi connectivity index (χ0v) is 22.9. The Hall–Kier alpha value is -1.73. The summed E-state index contributed by atoms with van der Waals surface area (Å²) in [6.07, 6.45) is 3.58. The normalized spacial score (nSPS) is 15.5. The van der Waals surface area contributed by atoms with Crippen molar-refractivity contribution in [1.29, 1.82) is 0 Å². The number of benzene rings is 1. The average molecular weight is 536 g/mol. The minimum absolute atomic E-state index is 0.0307. The van der Waals surface area contributed by atoms with Crippen LogP contribution in [0.5, 0.6) is 0 Å². The van der Waals surface area contributed by atoms with Gasteiger partial charge in [0.05, 0.1) is 22.7 Å². The van der Waals surface area contributed by atoms with E-state index in [1.807, 2.05) is 13.0 Å². The second-order valence-electron chi connectivity index (χ2n) is 7.52. The number of nitrogens with zero attached hydrogens (tertiary/aromatic N) is 1. The predicted octanol–water partition coefficient (Wildman–Crippen LogP) is 3.23. The maximum atomic E-state index is 11.9. The number of rotatable bonds is 8. The molecule has 34 heavy (non-hydrogen) atoms. The number of carbonyl (C=O) groups is 4. The maximum Gasteiger partial charge on any atom is 0.243 e. The third-order valence-corrected chi connectivity index (χ3v) is 5.89. The molecule has 1 aliphatic rings. The molecule has 1 aromatic carbocycles. The maximum absolute atomic E-state index is 11.9. The first-order valence-corrected chi connectivity index (χ1v) is 12.6. The van der Waals surface area contributed by atoms with Gasteiger partial charge in [-0.3, -0.25) is 19.2 Å². The van der Waals surface area contributed by atoms with Gasteiger partial charge in [0.2, 0.25) is 18.2 Å². The molecule has 11 heteroatoms. The van der Waals surface area contributed by atoms with Gasteiger partial charge >= 0.3 is 0 Å². The number of ketones is 1. The fourth-order valence-corrected chi connectivity index (χ4v) is 3.65. The fourth-order valence-electron chi connectivity index (χ4n) is 2.97. The Bertz CT molecular complexity index is 798. The average Bonchev–Trinajstić information content (AvgIpc) is 2.81.